The van der Waals surface area contributed by atoms with Crippen LogP contribution >= 0.6 is 0 Å². The molecule has 0 radical (unpaired) electrons. The first kappa shape index (κ1) is 11.0. The summed E-state index contributed by atoms with van der Waals surface area (Å²) in [7, 11) is 0. The fourth-order valence-electron chi connectivity index (χ4n) is 0.918. The molecule has 0 aliphatic carbocycles. The van der Waals surface area contributed by atoms with Crippen LogP contribution in [0.2, 0.25) is 0 Å². The van der Waals surface area contributed by atoms with Crippen LogP contribution in [0.5, 0.6) is 0 Å². The summed E-state index contributed by atoms with van der Waals surface area (Å²) in [6.45, 7) is 4.10. The molecule has 0 saturated carbocycles. The topological polar surface area (TPSA) is 51.0 Å². The molecule has 0 aliphatic rings. The summed E-state index contributed by atoms with van der Waals surface area (Å²) in [5.41, 5.74) is 0. The van der Waals surface area contributed by atoms with E-state index in [4.69, 9.17) is 0 Å². The van der Waals surface area contributed by atoms with Gasteiger partial charge in [-0.15, -0.1) is 10.2 Å². The molecule has 1 N–H and O–H groups in total. The maximum absolute atomic E-state index is 12.0. The Morgan fingerprint density at radius 1 is 1.43 bits per heavy atom. The normalized spacial score (nSPS) is 14.4. The third-order valence-electron chi connectivity index (χ3n) is 1.56. The van der Waals surface area contributed by atoms with E-state index in [1.54, 1.807) is 6.92 Å². The first-order valence-corrected chi connectivity index (χ1v) is 4.09. The Labute approximate surface area is 78.5 Å². The van der Waals surface area contributed by atoms with Crippen LogP contribution in [0.25, 0.3) is 0 Å². The van der Waals surface area contributed by atoms with E-state index in [0.717, 1.165) is 0 Å². The fraction of sp³-hybridized carbons (Fsp3) is 0.714. The number of rotatable bonds is 3. The molecule has 7 heteroatoms. The van der Waals surface area contributed by atoms with Gasteiger partial charge in [-0.3, -0.25) is 0 Å². The second kappa shape index (κ2) is 3.95. The summed E-state index contributed by atoms with van der Waals surface area (Å²) in [5, 5.41) is 9.07. The molecule has 80 valence electrons. The predicted octanol–water partition coefficient (Wildman–Crippen LogP) is 1.76. The molecule has 0 bridgehead atoms. The van der Waals surface area contributed by atoms with Crippen LogP contribution in [0, 0.1) is 0 Å². The molecule has 14 heavy (non-hydrogen) atoms. The standard InChI is InChI=1S/C7H10F3N3O/c1-3-11-4(2)5-12-13-6(14-5)7(8,9)10/h4,11H,3H2,1-2H3. The lowest BCUT2D eigenvalue weighted by Gasteiger charge is -2.05. The van der Waals surface area contributed by atoms with Crippen molar-refractivity contribution in [1.29, 1.82) is 0 Å². The van der Waals surface area contributed by atoms with Crippen molar-refractivity contribution in [2.24, 2.45) is 0 Å². The van der Waals surface area contributed by atoms with E-state index in [0.29, 0.717) is 6.54 Å². The maximum Gasteiger partial charge on any atom is 0.470 e. The lowest BCUT2D eigenvalue weighted by atomic mass is 10.3. The molecule has 1 heterocycles. The van der Waals surface area contributed by atoms with Crippen molar-refractivity contribution in [2.45, 2.75) is 26.1 Å². The van der Waals surface area contributed by atoms with Gasteiger partial charge in [0.1, 0.15) is 0 Å². The summed E-state index contributed by atoms with van der Waals surface area (Å²) in [5.74, 6) is -1.36. The Morgan fingerprint density at radius 2 is 2.07 bits per heavy atom. The van der Waals surface area contributed by atoms with Crippen LogP contribution < -0.4 is 5.32 Å². The Balaban J connectivity index is 2.78. The van der Waals surface area contributed by atoms with Gasteiger partial charge in [0.25, 0.3) is 0 Å². The van der Waals surface area contributed by atoms with Gasteiger partial charge in [-0.25, -0.2) is 0 Å². The lowest BCUT2D eigenvalue weighted by molar-refractivity contribution is -0.157. The minimum atomic E-state index is -4.57. The van der Waals surface area contributed by atoms with Crippen molar-refractivity contribution in [3.05, 3.63) is 11.8 Å². The van der Waals surface area contributed by atoms with Crippen LogP contribution in [0.3, 0.4) is 0 Å². The van der Waals surface area contributed by atoms with E-state index in [1.807, 2.05) is 6.92 Å². The summed E-state index contributed by atoms with van der Waals surface area (Å²) >= 11 is 0. The highest BCUT2D eigenvalue weighted by atomic mass is 19.4. The SMILES string of the molecule is CCNC(C)c1nnc(C(F)(F)F)o1. The second-order valence-corrected chi connectivity index (χ2v) is 2.72. The van der Waals surface area contributed by atoms with Crippen LogP contribution in [0.1, 0.15) is 31.7 Å². The quantitative estimate of drug-likeness (QED) is 0.824. The van der Waals surface area contributed by atoms with Crippen LogP contribution in [0.4, 0.5) is 13.2 Å². The molecule has 1 unspecified atom stereocenters. The molecular formula is C7H10F3N3O. The molecule has 0 fully saturated rings. The highest BCUT2D eigenvalue weighted by Gasteiger charge is 2.38. The summed E-state index contributed by atoms with van der Waals surface area (Å²) in [4.78, 5) is 0. The van der Waals surface area contributed by atoms with Gasteiger partial charge < -0.3 is 9.73 Å². The van der Waals surface area contributed by atoms with Crippen molar-refractivity contribution in [3.8, 4) is 0 Å². The van der Waals surface area contributed by atoms with Crippen molar-refractivity contribution < 1.29 is 17.6 Å². The molecular weight excluding hydrogens is 199 g/mol. The molecule has 0 spiro atoms. The smallest absolute Gasteiger partial charge is 0.416 e. The monoisotopic (exact) mass is 209 g/mol. The highest BCUT2D eigenvalue weighted by Crippen LogP contribution is 2.28. The van der Waals surface area contributed by atoms with Gasteiger partial charge in [-0.05, 0) is 13.5 Å². The van der Waals surface area contributed by atoms with E-state index in [9.17, 15) is 13.2 Å². The van der Waals surface area contributed by atoms with E-state index in [2.05, 4.69) is 19.9 Å². The molecule has 0 aliphatic heterocycles. The van der Waals surface area contributed by atoms with E-state index in [1.165, 1.54) is 0 Å². The molecule has 1 aromatic heterocycles. The van der Waals surface area contributed by atoms with E-state index in [-0.39, 0.29) is 11.9 Å². The molecule has 1 rings (SSSR count). The third kappa shape index (κ3) is 2.44. The highest BCUT2D eigenvalue weighted by molar-refractivity contribution is 4.90. The van der Waals surface area contributed by atoms with Gasteiger partial charge in [0.15, 0.2) is 0 Å². The summed E-state index contributed by atoms with van der Waals surface area (Å²) in [6.07, 6.45) is -4.57. The zero-order valence-corrected chi connectivity index (χ0v) is 7.72. The summed E-state index contributed by atoms with van der Waals surface area (Å²) < 4.78 is 40.6. The Morgan fingerprint density at radius 3 is 2.50 bits per heavy atom. The molecule has 1 aromatic rings. The average molecular weight is 209 g/mol. The van der Waals surface area contributed by atoms with Gasteiger partial charge in [0, 0.05) is 0 Å². The van der Waals surface area contributed by atoms with Crippen molar-refractivity contribution >= 4 is 0 Å². The number of aromatic nitrogens is 2. The average Bonchev–Trinajstić information content (AvgIpc) is 2.51. The number of nitrogens with one attached hydrogen (secondary N) is 1. The number of nitrogens with zero attached hydrogens (tertiary/aromatic N) is 2. The molecule has 0 amide bonds. The van der Waals surface area contributed by atoms with Gasteiger partial charge in [0.05, 0.1) is 6.04 Å². The van der Waals surface area contributed by atoms with Gasteiger partial charge in [-0.2, -0.15) is 13.2 Å². The number of alkyl halides is 3. The number of hydrogen-bond donors (Lipinski definition) is 1. The van der Waals surface area contributed by atoms with E-state index < -0.39 is 12.1 Å². The van der Waals surface area contributed by atoms with Gasteiger partial charge in [0.2, 0.25) is 5.89 Å². The van der Waals surface area contributed by atoms with Gasteiger partial charge in [-0.1, -0.05) is 6.92 Å². The van der Waals surface area contributed by atoms with Crippen molar-refractivity contribution in [2.75, 3.05) is 6.54 Å². The second-order valence-electron chi connectivity index (χ2n) is 2.72. The zero-order chi connectivity index (χ0) is 10.8. The van der Waals surface area contributed by atoms with Crippen molar-refractivity contribution in [3.63, 3.8) is 0 Å². The largest absolute Gasteiger partial charge is 0.470 e. The third-order valence-corrected chi connectivity index (χ3v) is 1.56. The minimum Gasteiger partial charge on any atom is -0.416 e. The zero-order valence-electron chi connectivity index (χ0n) is 7.72. The lowest BCUT2D eigenvalue weighted by Crippen LogP contribution is -2.17. The maximum atomic E-state index is 12.0. The molecule has 0 aromatic carbocycles. The fourth-order valence-corrected chi connectivity index (χ4v) is 0.918. The van der Waals surface area contributed by atoms with Crippen LogP contribution in [-0.4, -0.2) is 16.7 Å². The van der Waals surface area contributed by atoms with Gasteiger partial charge >= 0.3 is 12.1 Å². The predicted molar refractivity (Wildman–Crippen MR) is 41.4 cm³/mol. The Kier molecular flexibility index (Phi) is 3.10. The van der Waals surface area contributed by atoms with Crippen LogP contribution in [-0.2, 0) is 6.18 Å². The Bertz CT molecular complexity index is 297. The first-order valence-electron chi connectivity index (χ1n) is 4.09. The molecule has 4 nitrogen and oxygen atoms in total. The van der Waals surface area contributed by atoms with E-state index >= 15 is 0 Å². The Hall–Kier alpha value is -1.11. The number of hydrogen-bond acceptors (Lipinski definition) is 4. The minimum absolute atomic E-state index is 0.0563. The van der Waals surface area contributed by atoms with Crippen molar-refractivity contribution in [1.82, 2.24) is 15.5 Å². The van der Waals surface area contributed by atoms with Crippen LogP contribution in [0.15, 0.2) is 4.42 Å². The summed E-state index contributed by atoms with van der Waals surface area (Å²) in [6, 6.07) is -0.372. The first-order chi connectivity index (χ1) is 6.45. The number of halogens is 3. The molecule has 1 atom stereocenters. The molecule has 0 saturated heterocycles.